The number of nitrogens with zero attached hydrogens (tertiary/aromatic N) is 18. The molecule has 7 aliphatic heterocycles. The topological polar surface area (TPSA) is 289 Å². The first kappa shape index (κ1) is 81.7. The van der Waals surface area contributed by atoms with E-state index < -0.39 is 11.9 Å². The molecule has 0 amide bonds. The van der Waals surface area contributed by atoms with Crippen molar-refractivity contribution in [2.45, 2.75) is 66.7 Å². The molecule has 0 aliphatic carbocycles. The number of anilines is 5. The molecule has 7 aliphatic rings. The Bertz CT molecular complexity index is 5340. The number of piperazine rings is 5. The van der Waals surface area contributed by atoms with Crippen LogP contribution < -0.4 is 34.0 Å². The molecule has 29 nitrogen and oxygen atoms in total. The van der Waals surface area contributed by atoms with E-state index in [1.165, 1.54) is 33.2 Å². The first-order valence-electron chi connectivity index (χ1n) is 42.5. The molecule has 5 saturated heterocycles. The number of carbonyl (C=O) groups excluding carboxylic acids is 2. The number of nitrogens with one attached hydrogen (secondary N) is 5. The SMILES string of the molecule is Cc1cc(CCN2CCN(c3cccc4c3C(=O)OC4=O)CC2)n[nH]1.Cc1cc(CCN2CCN(c3cccc4c3OCCO4)CC2)n[nH]1.Cc1cc(CCN2CCN(c3cccc4ccccc34)CC2)n[nH]1.Cc1cc(CCN2CCN(c3cccc4cccnc34)CC2)n[nH]1.Cc1cc(CCN2CCN(c3cccc4nonc34)CC2)n[nH]1. The number of para-hydroxylation sites is 2. The standard InChI is InChI=1S/C20H24N4.C19H23N5.C18H20N4O3.C18H24N4O2.C16H20N6O/c1-16-15-18(22-21-16)9-10-23-11-13-24(14-12-23)20-8-4-6-17-5-2-3-7-19(17)20;1-15-14-17(22-21-15)7-9-23-10-12-24(13-11-23)18-6-2-4-16-5-3-8-20-19(16)18;1-12-11-13(20-19-12)5-6-21-7-9-22(10-8-21)15-4-2-3-14-16(15)18(24)25-17(14)23;1-14-13-15(20-19-14)5-6-21-7-9-22(10-8-21)16-3-2-4-17-18(16)24-12-11-23-17;1-12-11-13(18-17-12)5-6-21-7-9-22(10-8-21)15-4-2-3-14-16(15)20-23-19-14/h2-8,15H,9-14H2,1H3,(H,21,22);2-6,8,14H,7,9-13H2,1H3,(H,21,22);2-4,11H,5-10H2,1H3,(H,19,20);2-4,13H,5-12H2,1H3,(H,19,20);2-4,11H,5-10H2,1H3,(H,17,18). The first-order chi connectivity index (χ1) is 58.8. The zero-order valence-corrected chi connectivity index (χ0v) is 69.7. The number of hydrogen-bond donors (Lipinski definition) is 5. The Kier molecular flexibility index (Phi) is 26.7. The van der Waals surface area contributed by atoms with E-state index in [2.05, 4.69) is 237 Å². The van der Waals surface area contributed by atoms with Gasteiger partial charge in [0.05, 0.1) is 67.9 Å². The number of pyridine rings is 1. The van der Waals surface area contributed by atoms with Gasteiger partial charge in [-0.1, -0.05) is 72.8 Å². The van der Waals surface area contributed by atoms with Gasteiger partial charge in [-0.3, -0.25) is 55.0 Å². The zero-order chi connectivity index (χ0) is 82.1. The Morgan fingerprint density at radius 3 is 1.20 bits per heavy atom. The van der Waals surface area contributed by atoms with Gasteiger partial charge in [0.15, 0.2) is 17.0 Å². The molecule has 0 atom stereocenters. The third-order valence-electron chi connectivity index (χ3n) is 23.6. The third kappa shape index (κ3) is 20.8. The summed E-state index contributed by atoms with van der Waals surface area (Å²) >= 11 is 0. The number of benzene rings is 6. The van der Waals surface area contributed by atoms with Crippen LogP contribution in [0.4, 0.5) is 28.4 Å². The van der Waals surface area contributed by atoms with E-state index in [9.17, 15) is 9.59 Å². The lowest BCUT2D eigenvalue weighted by molar-refractivity contribution is 0.0443. The highest BCUT2D eigenvalue weighted by Crippen LogP contribution is 2.40. The van der Waals surface area contributed by atoms with Crippen LogP contribution in [0.2, 0.25) is 0 Å². The van der Waals surface area contributed by atoms with Crippen molar-refractivity contribution in [3.8, 4) is 11.5 Å². The average Bonchev–Trinajstić information content (AvgIpc) is 1.56. The van der Waals surface area contributed by atoms with E-state index in [1.807, 2.05) is 64.2 Å². The van der Waals surface area contributed by atoms with Crippen molar-refractivity contribution in [1.82, 2.24) is 90.8 Å². The maximum atomic E-state index is 12.0. The van der Waals surface area contributed by atoms with Crippen LogP contribution in [-0.2, 0) is 36.8 Å². The quantitative estimate of drug-likeness (QED) is 0.0350. The molecule has 6 aromatic carbocycles. The van der Waals surface area contributed by atoms with Crippen LogP contribution in [0.25, 0.3) is 32.7 Å². The van der Waals surface area contributed by atoms with Crippen LogP contribution in [0.15, 0.2) is 169 Å². The third-order valence-corrected chi connectivity index (χ3v) is 23.6. The summed E-state index contributed by atoms with van der Waals surface area (Å²) in [6.45, 7) is 37.1. The van der Waals surface area contributed by atoms with Crippen molar-refractivity contribution in [2.75, 3.05) is 201 Å². The largest absolute Gasteiger partial charge is 0.486 e. The highest BCUT2D eigenvalue weighted by atomic mass is 16.6. The summed E-state index contributed by atoms with van der Waals surface area (Å²) in [6, 6.07) is 54.0. The molecule has 0 spiro atoms. The minimum absolute atomic E-state index is 0.374. The van der Waals surface area contributed by atoms with Gasteiger partial charge < -0.3 is 38.7 Å². The number of fused-ring (bicyclic) bond motifs is 5. The summed E-state index contributed by atoms with van der Waals surface area (Å²) < 4.78 is 21.2. The summed E-state index contributed by atoms with van der Waals surface area (Å²) in [4.78, 5) is 52.7. The van der Waals surface area contributed by atoms with Gasteiger partial charge >= 0.3 is 11.9 Å². The molecule has 5 fully saturated rings. The fourth-order valence-corrected chi connectivity index (χ4v) is 17.0. The molecule has 29 heteroatoms. The summed E-state index contributed by atoms with van der Waals surface area (Å²) in [6.07, 6.45) is 6.84. The molecule has 7 aromatic heterocycles. The minimum atomic E-state index is -0.546. The van der Waals surface area contributed by atoms with Gasteiger partial charge in [-0.25, -0.2) is 14.2 Å². The number of ether oxygens (including phenoxy) is 3. The number of hydrogen-bond acceptors (Lipinski definition) is 24. The first-order valence-corrected chi connectivity index (χ1v) is 42.5. The Balaban J connectivity index is 0.000000112. The number of aromatic nitrogens is 13. The van der Waals surface area contributed by atoms with Gasteiger partial charge in [-0.15, -0.1) is 0 Å². The number of rotatable bonds is 20. The lowest BCUT2D eigenvalue weighted by Gasteiger charge is -2.37. The van der Waals surface area contributed by atoms with Crippen LogP contribution in [0, 0.1) is 34.6 Å². The normalized spacial score (nSPS) is 16.8. The number of H-pyrrole nitrogens is 5. The Labute approximate surface area is 700 Å². The molecule has 0 unspecified atom stereocenters. The number of aryl methyl sites for hydroxylation is 5. The second-order valence-electron chi connectivity index (χ2n) is 32.0. The molecule has 20 rings (SSSR count). The lowest BCUT2D eigenvalue weighted by Crippen LogP contribution is -2.47. The molecule has 14 heterocycles. The van der Waals surface area contributed by atoms with Crippen molar-refractivity contribution in [3.05, 3.63) is 232 Å². The van der Waals surface area contributed by atoms with Gasteiger partial charge in [-0.05, 0) is 135 Å². The van der Waals surface area contributed by atoms with E-state index in [1.54, 1.807) is 12.1 Å². The monoisotopic (exact) mass is 1620 g/mol. The fourth-order valence-electron chi connectivity index (χ4n) is 17.0. The number of carbonyl (C=O) groups is 2. The summed E-state index contributed by atoms with van der Waals surface area (Å²) in [7, 11) is 0. The predicted octanol–water partition coefficient (Wildman–Crippen LogP) is 10.7. The minimum Gasteiger partial charge on any atom is -0.486 e. The molecule has 626 valence electrons. The van der Waals surface area contributed by atoms with Gasteiger partial charge in [0.2, 0.25) is 0 Å². The van der Waals surface area contributed by atoms with Gasteiger partial charge in [0.1, 0.15) is 18.7 Å². The number of aromatic amines is 5. The molecule has 120 heavy (non-hydrogen) atoms. The smallest absolute Gasteiger partial charge is 0.349 e. The maximum absolute atomic E-state index is 12.0. The molecular formula is C91H111N23O6. The number of esters is 2. The highest BCUT2D eigenvalue weighted by Gasteiger charge is 2.35. The van der Waals surface area contributed by atoms with E-state index in [4.69, 9.17) is 18.8 Å². The Hall–Kier alpha value is -12.0. The van der Waals surface area contributed by atoms with Crippen LogP contribution in [0.3, 0.4) is 0 Å². The maximum Gasteiger partial charge on any atom is 0.349 e. The van der Waals surface area contributed by atoms with Gasteiger partial charge in [-0.2, -0.15) is 25.5 Å². The van der Waals surface area contributed by atoms with Crippen molar-refractivity contribution in [1.29, 1.82) is 0 Å². The van der Waals surface area contributed by atoms with Gasteiger partial charge in [0, 0.05) is 247 Å². The molecule has 5 N–H and O–H groups in total. The molecule has 0 bridgehead atoms. The Morgan fingerprint density at radius 2 is 0.717 bits per heavy atom. The second kappa shape index (κ2) is 39.2. The van der Waals surface area contributed by atoms with Crippen LogP contribution >= 0.6 is 0 Å². The summed E-state index contributed by atoms with van der Waals surface area (Å²) in [5.74, 6) is 0.695. The molecule has 13 aromatic rings. The van der Waals surface area contributed by atoms with E-state index in [-0.39, 0.29) is 0 Å². The Morgan fingerprint density at radius 1 is 0.342 bits per heavy atom. The van der Waals surface area contributed by atoms with Crippen LogP contribution in [0.1, 0.15) is 77.7 Å². The van der Waals surface area contributed by atoms with Crippen LogP contribution in [-0.4, -0.2) is 280 Å². The van der Waals surface area contributed by atoms with Crippen molar-refractivity contribution in [3.63, 3.8) is 0 Å². The fraction of sp³-hybridized carbons (Fsp3) is 0.407. The molecule has 0 radical (unpaired) electrons. The van der Waals surface area contributed by atoms with E-state index in [0.717, 1.165) is 292 Å². The predicted molar refractivity (Wildman–Crippen MR) is 470 cm³/mol. The van der Waals surface area contributed by atoms with E-state index in [0.29, 0.717) is 24.3 Å². The summed E-state index contributed by atoms with van der Waals surface area (Å²) in [5, 5.41) is 48.4. The zero-order valence-electron chi connectivity index (χ0n) is 69.7. The second-order valence-corrected chi connectivity index (χ2v) is 32.0. The molecular weight excluding hydrogens is 1510 g/mol. The highest BCUT2D eigenvalue weighted by molar-refractivity contribution is 6.17. The van der Waals surface area contributed by atoms with Gasteiger partial charge in [0.25, 0.3) is 0 Å². The number of cyclic esters (lactones) is 2. The summed E-state index contributed by atoms with van der Waals surface area (Å²) in [5.41, 5.74) is 20.6. The van der Waals surface area contributed by atoms with E-state index >= 15 is 0 Å². The van der Waals surface area contributed by atoms with Crippen LogP contribution in [0.5, 0.6) is 11.5 Å². The average molecular weight is 1620 g/mol. The lowest BCUT2D eigenvalue weighted by atomic mass is 10.1. The molecule has 0 saturated carbocycles. The van der Waals surface area contributed by atoms with Crippen molar-refractivity contribution < 1.29 is 28.4 Å². The van der Waals surface area contributed by atoms with Crippen molar-refractivity contribution >= 4 is 73.1 Å². The van der Waals surface area contributed by atoms with Crippen molar-refractivity contribution in [2.24, 2.45) is 0 Å².